The van der Waals surface area contributed by atoms with Gasteiger partial charge in [-0.1, -0.05) is 0 Å². The molecule has 0 heterocycles. The summed E-state index contributed by atoms with van der Waals surface area (Å²) in [4.78, 5) is 11.3. The largest absolute Gasteiger partial charge is 0.349 e. The highest BCUT2D eigenvalue weighted by Crippen LogP contribution is 2.22. The standard InChI is InChI=1S/C11H14N2O5S2/c1-19(15,16)9-4-7(11(14)13-8-2-3-8)5-10(6-9)20(12,17)18/h4-6,8H,2-3H2,1H3,(H,13,14)(H2,12,17,18). The van der Waals surface area contributed by atoms with Gasteiger partial charge < -0.3 is 5.32 Å². The van der Waals surface area contributed by atoms with Crippen LogP contribution in [-0.4, -0.2) is 35.0 Å². The van der Waals surface area contributed by atoms with E-state index in [1.54, 1.807) is 0 Å². The minimum atomic E-state index is -4.10. The van der Waals surface area contributed by atoms with E-state index in [0.717, 1.165) is 37.3 Å². The third-order valence-corrected chi connectivity index (χ3v) is 4.80. The Morgan fingerprint density at radius 3 is 2.15 bits per heavy atom. The zero-order valence-electron chi connectivity index (χ0n) is 10.7. The Balaban J connectivity index is 2.53. The lowest BCUT2D eigenvalue weighted by Crippen LogP contribution is -2.26. The molecule has 2 rings (SSSR count). The molecule has 1 aromatic carbocycles. The second-order valence-corrected chi connectivity index (χ2v) is 8.34. The monoisotopic (exact) mass is 318 g/mol. The van der Waals surface area contributed by atoms with Crippen LogP contribution in [0.1, 0.15) is 23.2 Å². The fraction of sp³-hybridized carbons (Fsp3) is 0.364. The van der Waals surface area contributed by atoms with Gasteiger partial charge in [-0.3, -0.25) is 4.79 Å². The molecule has 0 unspecified atom stereocenters. The Kier molecular flexibility index (Phi) is 3.61. The third kappa shape index (κ3) is 3.56. The van der Waals surface area contributed by atoms with Crippen LogP contribution in [0.3, 0.4) is 0 Å². The van der Waals surface area contributed by atoms with Crippen molar-refractivity contribution in [3.63, 3.8) is 0 Å². The summed E-state index contributed by atoms with van der Waals surface area (Å²) >= 11 is 0. The average molecular weight is 318 g/mol. The van der Waals surface area contributed by atoms with E-state index in [1.807, 2.05) is 0 Å². The van der Waals surface area contributed by atoms with Crippen LogP contribution in [-0.2, 0) is 19.9 Å². The molecular formula is C11H14N2O5S2. The maximum Gasteiger partial charge on any atom is 0.251 e. The van der Waals surface area contributed by atoms with Crippen molar-refractivity contribution in [1.29, 1.82) is 0 Å². The van der Waals surface area contributed by atoms with Crippen LogP contribution in [0.4, 0.5) is 0 Å². The smallest absolute Gasteiger partial charge is 0.251 e. The average Bonchev–Trinajstić information content (AvgIpc) is 3.10. The van der Waals surface area contributed by atoms with E-state index < -0.39 is 30.7 Å². The highest BCUT2D eigenvalue weighted by Gasteiger charge is 2.25. The van der Waals surface area contributed by atoms with Gasteiger partial charge in [0.1, 0.15) is 0 Å². The maximum atomic E-state index is 11.9. The molecule has 0 saturated heterocycles. The van der Waals surface area contributed by atoms with Gasteiger partial charge in [-0.05, 0) is 31.0 Å². The van der Waals surface area contributed by atoms with Crippen molar-refractivity contribution in [2.45, 2.75) is 28.7 Å². The summed E-state index contributed by atoms with van der Waals surface area (Å²) < 4.78 is 45.9. The predicted molar refractivity (Wildman–Crippen MR) is 71.4 cm³/mol. The summed E-state index contributed by atoms with van der Waals surface area (Å²) in [5.41, 5.74) is -0.0381. The lowest BCUT2D eigenvalue weighted by atomic mass is 10.2. The summed E-state index contributed by atoms with van der Waals surface area (Å²) in [6.07, 6.45) is 2.65. The lowest BCUT2D eigenvalue weighted by Gasteiger charge is -2.08. The molecule has 1 aromatic rings. The fourth-order valence-electron chi connectivity index (χ4n) is 1.58. The van der Waals surface area contributed by atoms with Gasteiger partial charge in [0, 0.05) is 17.9 Å². The van der Waals surface area contributed by atoms with Crippen molar-refractivity contribution in [3.05, 3.63) is 23.8 Å². The quantitative estimate of drug-likeness (QED) is 0.784. The highest BCUT2D eigenvalue weighted by molar-refractivity contribution is 7.91. The van der Waals surface area contributed by atoms with Gasteiger partial charge in [0.15, 0.2) is 9.84 Å². The minimum Gasteiger partial charge on any atom is -0.349 e. The summed E-state index contributed by atoms with van der Waals surface area (Å²) in [6, 6.07) is 3.23. The number of primary sulfonamides is 1. The Morgan fingerprint density at radius 2 is 1.70 bits per heavy atom. The molecule has 1 saturated carbocycles. The first-order valence-electron chi connectivity index (χ1n) is 5.76. The van der Waals surface area contributed by atoms with Gasteiger partial charge in [0.2, 0.25) is 10.0 Å². The van der Waals surface area contributed by atoms with Crippen molar-refractivity contribution in [2.24, 2.45) is 5.14 Å². The number of benzene rings is 1. The van der Waals surface area contributed by atoms with Gasteiger partial charge in [-0.2, -0.15) is 0 Å². The number of rotatable bonds is 4. The molecule has 1 aliphatic rings. The number of amides is 1. The number of carbonyl (C=O) groups excluding carboxylic acids is 1. The molecule has 0 atom stereocenters. The maximum absolute atomic E-state index is 11.9. The van der Waals surface area contributed by atoms with Crippen molar-refractivity contribution >= 4 is 25.8 Å². The first-order valence-corrected chi connectivity index (χ1v) is 9.20. The molecule has 1 amide bonds. The number of nitrogens with two attached hydrogens (primary N) is 1. The zero-order valence-corrected chi connectivity index (χ0v) is 12.3. The third-order valence-electron chi connectivity index (χ3n) is 2.81. The minimum absolute atomic E-state index is 0.0381. The predicted octanol–water partition coefficient (Wildman–Crippen LogP) is -0.370. The number of hydrogen-bond donors (Lipinski definition) is 2. The molecular weight excluding hydrogens is 304 g/mol. The lowest BCUT2D eigenvalue weighted by molar-refractivity contribution is 0.0950. The summed E-state index contributed by atoms with van der Waals surface area (Å²) in [7, 11) is -7.75. The van der Waals surface area contributed by atoms with Crippen molar-refractivity contribution in [1.82, 2.24) is 5.32 Å². The Labute approximate surface area is 117 Å². The van der Waals surface area contributed by atoms with Crippen molar-refractivity contribution < 1.29 is 21.6 Å². The van der Waals surface area contributed by atoms with Crippen molar-refractivity contribution in [3.8, 4) is 0 Å². The molecule has 1 fully saturated rings. The number of carbonyl (C=O) groups is 1. The molecule has 3 N–H and O–H groups in total. The summed E-state index contributed by atoms with van der Waals surface area (Å²) in [5.74, 6) is -0.511. The molecule has 110 valence electrons. The SMILES string of the molecule is CS(=O)(=O)c1cc(C(=O)NC2CC2)cc(S(N)(=O)=O)c1. The Hall–Kier alpha value is -1.45. The van der Waals surface area contributed by atoms with E-state index in [4.69, 9.17) is 5.14 Å². The van der Waals surface area contributed by atoms with Crippen LogP contribution in [0.15, 0.2) is 28.0 Å². The van der Waals surface area contributed by atoms with E-state index in [1.165, 1.54) is 0 Å². The van der Waals surface area contributed by atoms with Crippen LogP contribution >= 0.6 is 0 Å². The van der Waals surface area contributed by atoms with Gasteiger partial charge >= 0.3 is 0 Å². The molecule has 7 nitrogen and oxygen atoms in total. The molecule has 0 bridgehead atoms. The molecule has 0 aliphatic heterocycles. The van der Waals surface area contributed by atoms with Crippen LogP contribution in [0, 0.1) is 0 Å². The molecule has 0 radical (unpaired) electrons. The van der Waals surface area contributed by atoms with E-state index >= 15 is 0 Å². The van der Waals surface area contributed by atoms with E-state index in [0.29, 0.717) is 0 Å². The topological polar surface area (TPSA) is 123 Å². The summed E-state index contributed by atoms with van der Waals surface area (Å²) in [6.45, 7) is 0. The van der Waals surface area contributed by atoms with Crippen molar-refractivity contribution in [2.75, 3.05) is 6.26 Å². The second kappa shape index (κ2) is 4.83. The normalized spacial score (nSPS) is 15.9. The first-order chi connectivity index (χ1) is 9.07. The van der Waals surface area contributed by atoms with Gasteiger partial charge in [0.05, 0.1) is 9.79 Å². The van der Waals surface area contributed by atoms with Gasteiger partial charge in [0.25, 0.3) is 5.91 Å². The van der Waals surface area contributed by atoms with E-state index in [2.05, 4.69) is 5.32 Å². The first kappa shape index (κ1) is 14.9. The van der Waals surface area contributed by atoms with Crippen LogP contribution in [0.2, 0.25) is 0 Å². The molecule has 20 heavy (non-hydrogen) atoms. The van der Waals surface area contributed by atoms with Crippen LogP contribution in [0.25, 0.3) is 0 Å². The summed E-state index contributed by atoms with van der Waals surface area (Å²) in [5, 5.41) is 7.66. The second-order valence-electron chi connectivity index (χ2n) is 4.76. The highest BCUT2D eigenvalue weighted by atomic mass is 32.2. The van der Waals surface area contributed by atoms with Gasteiger partial charge in [-0.15, -0.1) is 0 Å². The van der Waals surface area contributed by atoms with E-state index in [-0.39, 0.29) is 16.5 Å². The fourth-order valence-corrected chi connectivity index (χ4v) is 2.92. The Morgan fingerprint density at radius 1 is 1.15 bits per heavy atom. The molecule has 1 aliphatic carbocycles. The number of nitrogens with one attached hydrogen (secondary N) is 1. The van der Waals surface area contributed by atoms with Crippen LogP contribution in [0.5, 0.6) is 0 Å². The zero-order chi connectivity index (χ0) is 15.1. The van der Waals surface area contributed by atoms with Gasteiger partial charge in [-0.25, -0.2) is 22.0 Å². The Bertz CT molecular complexity index is 714. The molecule has 9 heteroatoms. The molecule has 0 spiro atoms. The molecule has 0 aromatic heterocycles. The number of sulfonamides is 1. The number of sulfone groups is 1. The van der Waals surface area contributed by atoms with E-state index in [9.17, 15) is 21.6 Å². The van der Waals surface area contributed by atoms with Crippen LogP contribution < -0.4 is 10.5 Å². The number of hydrogen-bond acceptors (Lipinski definition) is 5.